The number of methoxy groups -OCH3 is 2. The van der Waals surface area contributed by atoms with E-state index in [2.05, 4.69) is 9.97 Å². The van der Waals surface area contributed by atoms with Crippen LogP contribution in [0.2, 0.25) is 0 Å². The van der Waals surface area contributed by atoms with Gasteiger partial charge in [-0.05, 0) is 12.8 Å². The number of H-pyrrole nitrogens is 1. The van der Waals surface area contributed by atoms with E-state index in [0.717, 1.165) is 29.7 Å². The van der Waals surface area contributed by atoms with Crippen molar-refractivity contribution in [3.8, 4) is 11.5 Å². The van der Waals surface area contributed by atoms with Crippen LogP contribution in [0.4, 0.5) is 0 Å². The molecule has 6 heteroatoms. The fraction of sp³-hybridized carbons (Fsp3) is 0.500. The molecule has 0 spiro atoms. The largest absolute Gasteiger partial charge is 0.493 e. The summed E-state index contributed by atoms with van der Waals surface area (Å²) in [6.45, 7) is 1.33. The van der Waals surface area contributed by atoms with E-state index in [-0.39, 0.29) is 0 Å². The Labute approximate surface area is 117 Å². The molecular weight excluding hydrogens is 258 g/mol. The minimum Gasteiger partial charge on any atom is -0.493 e. The highest BCUT2D eigenvalue weighted by molar-refractivity contribution is 5.80. The van der Waals surface area contributed by atoms with Crippen LogP contribution < -0.4 is 15.2 Å². The lowest BCUT2D eigenvalue weighted by atomic mass is 9.91. The molecule has 0 atom stereocenters. The summed E-state index contributed by atoms with van der Waals surface area (Å²) in [5, 5.41) is 0. The van der Waals surface area contributed by atoms with Crippen LogP contribution in [0.1, 0.15) is 18.7 Å². The summed E-state index contributed by atoms with van der Waals surface area (Å²) < 4.78 is 16.0. The predicted octanol–water partition coefficient (Wildman–Crippen LogP) is 1.54. The molecule has 6 nitrogen and oxygen atoms in total. The van der Waals surface area contributed by atoms with E-state index in [4.69, 9.17) is 19.9 Å². The third kappa shape index (κ3) is 2.10. The molecule has 2 aromatic rings. The molecule has 1 aromatic heterocycles. The van der Waals surface area contributed by atoms with Crippen molar-refractivity contribution < 1.29 is 14.2 Å². The highest BCUT2D eigenvalue weighted by Crippen LogP contribution is 2.34. The number of aromatic amines is 1. The molecule has 3 rings (SSSR count). The van der Waals surface area contributed by atoms with Crippen LogP contribution in [0, 0.1) is 0 Å². The SMILES string of the molecule is COc1cc2nc(C3(N)CCOCC3)[nH]c2cc1OC. The molecular formula is C14H19N3O3. The maximum absolute atomic E-state index is 6.45. The number of nitrogens with one attached hydrogen (secondary N) is 1. The first-order valence-electron chi connectivity index (χ1n) is 6.65. The van der Waals surface area contributed by atoms with Gasteiger partial charge in [-0.1, -0.05) is 0 Å². The number of ether oxygens (including phenoxy) is 3. The van der Waals surface area contributed by atoms with E-state index >= 15 is 0 Å². The van der Waals surface area contributed by atoms with Crippen molar-refractivity contribution in [1.29, 1.82) is 0 Å². The fourth-order valence-corrected chi connectivity index (χ4v) is 2.55. The molecule has 20 heavy (non-hydrogen) atoms. The number of aromatic nitrogens is 2. The average molecular weight is 277 g/mol. The van der Waals surface area contributed by atoms with Gasteiger partial charge in [0.05, 0.1) is 30.8 Å². The van der Waals surface area contributed by atoms with E-state index < -0.39 is 5.54 Å². The van der Waals surface area contributed by atoms with Gasteiger partial charge in [0.2, 0.25) is 0 Å². The zero-order chi connectivity index (χ0) is 14.2. The van der Waals surface area contributed by atoms with Crippen molar-refractivity contribution in [2.45, 2.75) is 18.4 Å². The molecule has 0 amide bonds. The second kappa shape index (κ2) is 4.96. The summed E-state index contributed by atoms with van der Waals surface area (Å²) in [7, 11) is 3.23. The minimum atomic E-state index is -0.447. The third-order valence-corrected chi connectivity index (χ3v) is 3.84. The highest BCUT2D eigenvalue weighted by Gasteiger charge is 2.33. The third-order valence-electron chi connectivity index (χ3n) is 3.84. The van der Waals surface area contributed by atoms with Gasteiger partial charge in [0.25, 0.3) is 0 Å². The Hall–Kier alpha value is -1.79. The molecule has 0 aliphatic carbocycles. The number of rotatable bonds is 3. The van der Waals surface area contributed by atoms with Crippen molar-refractivity contribution in [2.24, 2.45) is 5.73 Å². The molecule has 1 fully saturated rings. The van der Waals surface area contributed by atoms with E-state index in [9.17, 15) is 0 Å². The Balaban J connectivity index is 2.06. The summed E-state index contributed by atoms with van der Waals surface area (Å²) in [6, 6.07) is 3.74. The number of fused-ring (bicyclic) bond motifs is 1. The second-order valence-electron chi connectivity index (χ2n) is 5.08. The maximum atomic E-state index is 6.45. The first kappa shape index (κ1) is 13.2. The topological polar surface area (TPSA) is 82.4 Å². The molecule has 1 aliphatic heterocycles. The van der Waals surface area contributed by atoms with Crippen LogP contribution in [-0.4, -0.2) is 37.4 Å². The van der Waals surface area contributed by atoms with Gasteiger partial charge in [-0.25, -0.2) is 4.98 Å². The molecule has 0 unspecified atom stereocenters. The van der Waals surface area contributed by atoms with Crippen LogP contribution in [0.5, 0.6) is 11.5 Å². The molecule has 3 N–H and O–H groups in total. The van der Waals surface area contributed by atoms with Crippen molar-refractivity contribution >= 4 is 11.0 Å². The number of nitrogens with two attached hydrogens (primary N) is 1. The smallest absolute Gasteiger partial charge is 0.163 e. The molecule has 1 aliphatic rings. The fourth-order valence-electron chi connectivity index (χ4n) is 2.55. The van der Waals surface area contributed by atoms with Crippen LogP contribution in [0.15, 0.2) is 12.1 Å². The molecule has 1 aromatic carbocycles. The normalized spacial score (nSPS) is 18.1. The maximum Gasteiger partial charge on any atom is 0.163 e. The van der Waals surface area contributed by atoms with E-state index in [1.165, 1.54) is 0 Å². The lowest BCUT2D eigenvalue weighted by molar-refractivity contribution is 0.0496. The van der Waals surface area contributed by atoms with Gasteiger partial charge >= 0.3 is 0 Å². The van der Waals surface area contributed by atoms with Crippen LogP contribution in [0.3, 0.4) is 0 Å². The number of nitrogens with zero attached hydrogens (tertiary/aromatic N) is 1. The van der Waals surface area contributed by atoms with Gasteiger partial charge in [0.15, 0.2) is 11.5 Å². The van der Waals surface area contributed by atoms with Crippen LogP contribution in [-0.2, 0) is 10.3 Å². The number of hydrogen-bond acceptors (Lipinski definition) is 5. The summed E-state index contributed by atoms with van der Waals surface area (Å²) in [5.41, 5.74) is 7.73. The second-order valence-corrected chi connectivity index (χ2v) is 5.08. The Kier molecular flexibility index (Phi) is 3.27. The Morgan fingerprint density at radius 1 is 1.20 bits per heavy atom. The van der Waals surface area contributed by atoms with E-state index in [1.807, 2.05) is 12.1 Å². The average Bonchev–Trinajstić information content (AvgIpc) is 2.90. The highest BCUT2D eigenvalue weighted by atomic mass is 16.5. The lowest BCUT2D eigenvalue weighted by Gasteiger charge is -2.31. The molecule has 0 saturated carbocycles. The summed E-state index contributed by atoms with van der Waals surface area (Å²) in [6.07, 6.45) is 1.53. The monoisotopic (exact) mass is 277 g/mol. The van der Waals surface area contributed by atoms with Gasteiger partial charge in [-0.15, -0.1) is 0 Å². The van der Waals surface area contributed by atoms with Crippen molar-refractivity contribution in [3.63, 3.8) is 0 Å². The van der Waals surface area contributed by atoms with Gasteiger partial charge in [-0.3, -0.25) is 0 Å². The summed E-state index contributed by atoms with van der Waals surface area (Å²) >= 11 is 0. The first-order valence-corrected chi connectivity index (χ1v) is 6.65. The van der Waals surface area contributed by atoms with Crippen LogP contribution in [0.25, 0.3) is 11.0 Å². The Morgan fingerprint density at radius 2 is 1.85 bits per heavy atom. The predicted molar refractivity (Wildman–Crippen MR) is 75.1 cm³/mol. The standard InChI is InChI=1S/C14H19N3O3/c1-18-11-7-9-10(8-12(11)19-2)17-13(16-9)14(15)3-5-20-6-4-14/h7-8H,3-6,15H2,1-2H3,(H,16,17). The molecule has 108 valence electrons. The molecule has 0 radical (unpaired) electrons. The number of hydrogen-bond donors (Lipinski definition) is 2. The quantitative estimate of drug-likeness (QED) is 0.889. The first-order chi connectivity index (χ1) is 9.66. The number of imidazole rings is 1. The molecule has 0 bridgehead atoms. The summed E-state index contributed by atoms with van der Waals surface area (Å²) in [5.74, 6) is 2.13. The van der Waals surface area contributed by atoms with Gasteiger partial charge in [-0.2, -0.15) is 0 Å². The Morgan fingerprint density at radius 3 is 2.50 bits per heavy atom. The van der Waals surface area contributed by atoms with Crippen molar-refractivity contribution in [1.82, 2.24) is 9.97 Å². The van der Waals surface area contributed by atoms with Crippen molar-refractivity contribution in [2.75, 3.05) is 27.4 Å². The Bertz CT molecular complexity index is 576. The van der Waals surface area contributed by atoms with Gasteiger partial charge < -0.3 is 24.9 Å². The van der Waals surface area contributed by atoms with Crippen LogP contribution >= 0.6 is 0 Å². The zero-order valence-corrected chi connectivity index (χ0v) is 11.7. The van der Waals surface area contributed by atoms with Crippen molar-refractivity contribution in [3.05, 3.63) is 18.0 Å². The minimum absolute atomic E-state index is 0.447. The molecule has 2 heterocycles. The zero-order valence-electron chi connectivity index (χ0n) is 11.7. The van der Waals surface area contributed by atoms with E-state index in [0.29, 0.717) is 24.7 Å². The van der Waals surface area contributed by atoms with Gasteiger partial charge in [0, 0.05) is 25.3 Å². The number of benzene rings is 1. The lowest BCUT2D eigenvalue weighted by Crippen LogP contribution is -2.43. The van der Waals surface area contributed by atoms with E-state index in [1.54, 1.807) is 14.2 Å². The molecule has 1 saturated heterocycles. The van der Waals surface area contributed by atoms with Gasteiger partial charge in [0.1, 0.15) is 5.82 Å². The summed E-state index contributed by atoms with van der Waals surface area (Å²) in [4.78, 5) is 7.93.